The van der Waals surface area contributed by atoms with Crippen LogP contribution in [0.2, 0.25) is 0 Å². The van der Waals surface area contributed by atoms with Crippen molar-refractivity contribution in [2.45, 2.75) is 25.6 Å². The molecule has 0 aliphatic carbocycles. The fourth-order valence-electron chi connectivity index (χ4n) is 3.58. The molecule has 0 bridgehead atoms. The molecular formula is C24H20N2O5. The molecule has 3 aromatic rings. The van der Waals surface area contributed by atoms with Crippen LogP contribution in [0.3, 0.4) is 0 Å². The molecule has 31 heavy (non-hydrogen) atoms. The van der Waals surface area contributed by atoms with Crippen molar-refractivity contribution in [3.8, 4) is 11.8 Å². The predicted octanol–water partition coefficient (Wildman–Crippen LogP) is 3.47. The number of nitriles is 1. The highest BCUT2D eigenvalue weighted by Crippen LogP contribution is 2.26. The van der Waals surface area contributed by atoms with E-state index in [9.17, 15) is 9.59 Å². The summed E-state index contributed by atoms with van der Waals surface area (Å²) < 4.78 is 16.3. The summed E-state index contributed by atoms with van der Waals surface area (Å²) in [5.74, 6) is 0.349. The van der Waals surface area contributed by atoms with Gasteiger partial charge in [0.1, 0.15) is 24.2 Å². The molecule has 1 unspecified atom stereocenters. The zero-order valence-corrected chi connectivity index (χ0v) is 16.9. The molecule has 156 valence electrons. The number of rotatable bonds is 5. The van der Waals surface area contributed by atoms with E-state index in [0.29, 0.717) is 30.0 Å². The second kappa shape index (κ2) is 8.76. The fourth-order valence-corrected chi connectivity index (χ4v) is 3.58. The lowest BCUT2D eigenvalue weighted by atomic mass is 9.93. The molecule has 1 aliphatic heterocycles. The average Bonchev–Trinajstić information content (AvgIpc) is 3.30. The molecule has 1 aromatic heterocycles. The molecule has 4 rings (SSSR count). The second-order valence-corrected chi connectivity index (χ2v) is 7.14. The van der Waals surface area contributed by atoms with Crippen LogP contribution in [-0.2, 0) is 29.1 Å². The van der Waals surface area contributed by atoms with Crippen LogP contribution in [0.4, 0.5) is 0 Å². The van der Waals surface area contributed by atoms with E-state index in [2.05, 4.69) is 0 Å². The number of benzene rings is 2. The van der Waals surface area contributed by atoms with Crippen molar-refractivity contribution in [2.24, 2.45) is 0 Å². The third kappa shape index (κ3) is 4.28. The first kappa shape index (κ1) is 20.2. The van der Waals surface area contributed by atoms with Crippen LogP contribution in [0.25, 0.3) is 0 Å². The molecule has 2 heterocycles. The zero-order valence-electron chi connectivity index (χ0n) is 16.9. The number of carbonyl (C=O) groups is 2. The van der Waals surface area contributed by atoms with Gasteiger partial charge in [-0.15, -0.1) is 0 Å². The quantitative estimate of drug-likeness (QED) is 0.592. The van der Waals surface area contributed by atoms with Crippen molar-refractivity contribution in [2.75, 3.05) is 7.11 Å². The first-order valence-corrected chi connectivity index (χ1v) is 9.76. The summed E-state index contributed by atoms with van der Waals surface area (Å²) in [6.45, 7) is 0.426. The minimum Gasteiger partial charge on any atom is -0.486 e. The normalized spacial score (nSPS) is 15.0. The van der Waals surface area contributed by atoms with Crippen LogP contribution in [0.1, 0.15) is 33.0 Å². The Kier molecular flexibility index (Phi) is 5.72. The van der Waals surface area contributed by atoms with Gasteiger partial charge >= 0.3 is 5.97 Å². The summed E-state index contributed by atoms with van der Waals surface area (Å²) in [4.78, 5) is 27.0. The maximum Gasteiger partial charge on any atom is 0.328 e. The molecule has 0 radical (unpaired) electrons. The SMILES string of the molecule is COC(=O)C1Cc2ccccc2CN1C(=O)c1ccc(COc2ccc(C#N)cc2)o1. The Morgan fingerprint density at radius 3 is 2.55 bits per heavy atom. The number of hydrogen-bond donors (Lipinski definition) is 0. The van der Waals surface area contributed by atoms with Crippen molar-refractivity contribution in [1.29, 1.82) is 5.26 Å². The minimum absolute atomic E-state index is 0.127. The number of nitrogens with zero attached hydrogens (tertiary/aromatic N) is 2. The lowest BCUT2D eigenvalue weighted by molar-refractivity contribution is -0.146. The Morgan fingerprint density at radius 1 is 1.10 bits per heavy atom. The molecule has 0 saturated carbocycles. The van der Waals surface area contributed by atoms with E-state index in [1.54, 1.807) is 36.4 Å². The number of methoxy groups -OCH3 is 1. The van der Waals surface area contributed by atoms with Crippen LogP contribution in [-0.4, -0.2) is 29.9 Å². The second-order valence-electron chi connectivity index (χ2n) is 7.14. The van der Waals surface area contributed by atoms with E-state index < -0.39 is 12.0 Å². The first-order valence-electron chi connectivity index (χ1n) is 9.76. The molecule has 1 amide bonds. The molecule has 7 heteroatoms. The van der Waals surface area contributed by atoms with Crippen LogP contribution in [0, 0.1) is 11.3 Å². The Bertz CT molecular complexity index is 1140. The highest BCUT2D eigenvalue weighted by Gasteiger charge is 2.36. The zero-order chi connectivity index (χ0) is 21.8. The van der Waals surface area contributed by atoms with Gasteiger partial charge in [0.15, 0.2) is 5.76 Å². The van der Waals surface area contributed by atoms with E-state index >= 15 is 0 Å². The van der Waals surface area contributed by atoms with E-state index in [4.69, 9.17) is 19.2 Å². The molecule has 0 spiro atoms. The third-order valence-electron chi connectivity index (χ3n) is 5.22. The van der Waals surface area contributed by atoms with Gasteiger partial charge in [-0.05, 0) is 47.5 Å². The van der Waals surface area contributed by atoms with Crippen LogP contribution in [0.15, 0.2) is 65.1 Å². The lowest BCUT2D eigenvalue weighted by Crippen LogP contribution is -2.49. The van der Waals surface area contributed by atoms with E-state index in [-0.39, 0.29) is 18.3 Å². The van der Waals surface area contributed by atoms with Crippen molar-refractivity contribution < 1.29 is 23.5 Å². The number of amides is 1. The number of furan rings is 1. The van der Waals surface area contributed by atoms with Gasteiger partial charge in [-0.3, -0.25) is 4.79 Å². The summed E-state index contributed by atoms with van der Waals surface area (Å²) in [5.41, 5.74) is 2.56. The van der Waals surface area contributed by atoms with E-state index in [1.807, 2.05) is 30.3 Å². The summed E-state index contributed by atoms with van der Waals surface area (Å²) in [6, 6.07) is 19.0. The molecule has 0 saturated heterocycles. The molecule has 1 atom stereocenters. The molecule has 7 nitrogen and oxygen atoms in total. The largest absolute Gasteiger partial charge is 0.486 e. The first-order chi connectivity index (χ1) is 15.1. The number of hydrogen-bond acceptors (Lipinski definition) is 6. The molecule has 2 aromatic carbocycles. The molecule has 0 fully saturated rings. The third-order valence-corrected chi connectivity index (χ3v) is 5.22. The van der Waals surface area contributed by atoms with Gasteiger partial charge in [-0.1, -0.05) is 24.3 Å². The number of fused-ring (bicyclic) bond motifs is 1. The smallest absolute Gasteiger partial charge is 0.328 e. The summed E-state index contributed by atoms with van der Waals surface area (Å²) >= 11 is 0. The van der Waals surface area contributed by atoms with Gasteiger partial charge < -0.3 is 18.8 Å². The van der Waals surface area contributed by atoms with Crippen LogP contribution in [0.5, 0.6) is 5.75 Å². The highest BCUT2D eigenvalue weighted by molar-refractivity contribution is 5.95. The molecular weight excluding hydrogens is 396 g/mol. The van der Waals surface area contributed by atoms with E-state index in [1.165, 1.54) is 12.0 Å². The lowest BCUT2D eigenvalue weighted by Gasteiger charge is -2.34. The predicted molar refractivity (Wildman–Crippen MR) is 110 cm³/mol. The maximum atomic E-state index is 13.2. The van der Waals surface area contributed by atoms with Crippen LogP contribution < -0.4 is 4.74 Å². The van der Waals surface area contributed by atoms with Gasteiger partial charge in [0.25, 0.3) is 5.91 Å². The number of carbonyl (C=O) groups excluding carboxylic acids is 2. The number of esters is 1. The Hall–Kier alpha value is -4.05. The summed E-state index contributed by atoms with van der Waals surface area (Å²) in [7, 11) is 1.32. The van der Waals surface area contributed by atoms with Crippen molar-refractivity contribution in [3.63, 3.8) is 0 Å². The minimum atomic E-state index is -0.712. The van der Waals surface area contributed by atoms with Crippen LogP contribution >= 0.6 is 0 Å². The van der Waals surface area contributed by atoms with Gasteiger partial charge in [0, 0.05) is 13.0 Å². The average molecular weight is 416 g/mol. The van der Waals surface area contributed by atoms with Gasteiger partial charge in [-0.2, -0.15) is 5.26 Å². The van der Waals surface area contributed by atoms with Crippen molar-refractivity contribution in [3.05, 3.63) is 88.9 Å². The summed E-state index contributed by atoms with van der Waals surface area (Å²) in [5, 5.41) is 8.85. The van der Waals surface area contributed by atoms with Gasteiger partial charge in [-0.25, -0.2) is 4.79 Å². The maximum absolute atomic E-state index is 13.2. The fraction of sp³-hybridized carbons (Fsp3) is 0.208. The summed E-state index contributed by atoms with van der Waals surface area (Å²) in [6.07, 6.45) is 0.393. The standard InChI is InChI=1S/C24H20N2O5/c1-29-24(28)21-12-17-4-2-3-5-18(17)14-26(21)23(27)22-11-10-20(31-22)15-30-19-8-6-16(13-25)7-9-19/h2-11,21H,12,14-15H2,1H3. The molecule has 1 aliphatic rings. The number of ether oxygens (including phenoxy) is 2. The van der Waals surface area contributed by atoms with Crippen molar-refractivity contribution >= 4 is 11.9 Å². The highest BCUT2D eigenvalue weighted by atomic mass is 16.5. The van der Waals surface area contributed by atoms with Crippen molar-refractivity contribution in [1.82, 2.24) is 4.90 Å². The Balaban J connectivity index is 1.48. The molecule has 0 N–H and O–H groups in total. The Labute approximate surface area is 179 Å². The van der Waals surface area contributed by atoms with Gasteiger partial charge in [0.05, 0.1) is 18.7 Å². The topological polar surface area (TPSA) is 92.8 Å². The van der Waals surface area contributed by atoms with Gasteiger partial charge in [0.2, 0.25) is 0 Å². The monoisotopic (exact) mass is 416 g/mol. The van der Waals surface area contributed by atoms with E-state index in [0.717, 1.165) is 11.1 Å². The Morgan fingerprint density at radius 2 is 1.84 bits per heavy atom.